The number of aliphatic hydroxyl groups excluding tert-OH is 1. The average molecular weight is 817 g/mol. The van der Waals surface area contributed by atoms with Crippen LogP contribution in [-0.2, 0) is 36.8 Å². The van der Waals surface area contributed by atoms with Gasteiger partial charge in [0.15, 0.2) is 11.6 Å². The number of aromatic hydroxyl groups is 2. The number of carbonyl (C=O) groups excluding carboxylic acids is 5. The van der Waals surface area contributed by atoms with Crippen LogP contribution >= 0.6 is 0 Å². The first-order valence-electron chi connectivity index (χ1n) is 19.8. The molecule has 314 valence electrons. The molecule has 0 bridgehead atoms. The number of benzene rings is 3. The van der Waals surface area contributed by atoms with Crippen LogP contribution in [0.25, 0.3) is 0 Å². The molecule has 3 aromatic rings. The smallest absolute Gasteiger partial charge is 0.412 e. The molecule has 16 nitrogen and oxygen atoms in total. The minimum Gasteiger partial charge on any atom is -0.507 e. The standard InChI is InChI=1S/C43H48N2O14/c1-4-5-6-14-56-41(52)44-24-12-10-23(11-13-24)20-57-42(53)45-21-58-40-22(2)15-25(16-28(40)45)59-30-18-43(54,31(47)19-46)17-27-33(30)39(51)35-34(37(27)49)36(48)26-8-7-9-29(55-3)32(26)38(35)50/h7-13,22,25,28,30,40,46,49,51,54H,4-6,14-21H2,1-3H3,(H,44,52)/t22-,25?,28+,30+,40-,43+/m1/s1. The second-order valence-corrected chi connectivity index (χ2v) is 15.6. The molecule has 7 rings (SSSR count). The van der Waals surface area contributed by atoms with Crippen LogP contribution in [0.5, 0.6) is 17.2 Å². The number of hydrogen-bond acceptors (Lipinski definition) is 14. The molecule has 3 aliphatic carbocycles. The Morgan fingerprint density at radius 1 is 0.966 bits per heavy atom. The van der Waals surface area contributed by atoms with Gasteiger partial charge in [-0.2, -0.15) is 0 Å². The second kappa shape index (κ2) is 17.0. The van der Waals surface area contributed by atoms with Crippen LogP contribution in [-0.4, -0.2) is 106 Å². The average Bonchev–Trinajstić information content (AvgIpc) is 3.66. The number of aliphatic hydroxyl groups is 2. The fourth-order valence-electron chi connectivity index (χ4n) is 8.78. The Morgan fingerprint density at radius 3 is 2.42 bits per heavy atom. The molecule has 6 atom stereocenters. The van der Waals surface area contributed by atoms with Crippen molar-refractivity contribution in [1.82, 2.24) is 4.90 Å². The number of unbranched alkanes of at least 4 members (excludes halogenated alkanes) is 2. The van der Waals surface area contributed by atoms with Crippen LogP contribution < -0.4 is 10.1 Å². The quantitative estimate of drug-likeness (QED) is 0.0929. The highest BCUT2D eigenvalue weighted by molar-refractivity contribution is 6.31. The summed E-state index contributed by atoms with van der Waals surface area (Å²) in [5.41, 5.74) is -2.42. The van der Waals surface area contributed by atoms with Crippen molar-refractivity contribution in [3.8, 4) is 17.2 Å². The number of hydrogen-bond donors (Lipinski definition) is 5. The normalized spacial score (nSPS) is 24.4. The van der Waals surface area contributed by atoms with E-state index in [-0.39, 0.29) is 59.8 Å². The van der Waals surface area contributed by atoms with Crippen molar-refractivity contribution in [2.75, 3.05) is 32.4 Å². The van der Waals surface area contributed by atoms with Crippen LogP contribution in [0.15, 0.2) is 42.5 Å². The van der Waals surface area contributed by atoms with Crippen molar-refractivity contribution < 1.29 is 68.1 Å². The molecule has 4 aliphatic rings. The Labute approximate surface area is 340 Å². The van der Waals surface area contributed by atoms with Gasteiger partial charge in [-0.15, -0.1) is 0 Å². The molecular formula is C43H48N2O14. The number of anilines is 1. The number of fused-ring (bicyclic) bond motifs is 4. The number of Topliss-reactive ketones (excluding diaryl/α,β-unsaturated/α-hetero) is 1. The van der Waals surface area contributed by atoms with E-state index in [9.17, 15) is 44.4 Å². The number of ether oxygens (including phenoxy) is 5. The van der Waals surface area contributed by atoms with Crippen molar-refractivity contribution in [2.24, 2.45) is 5.92 Å². The van der Waals surface area contributed by atoms with Gasteiger partial charge in [-0.3, -0.25) is 24.6 Å². The fourth-order valence-corrected chi connectivity index (χ4v) is 8.78. The number of phenolic OH excluding ortho intramolecular Hbond substituents is 2. The van der Waals surface area contributed by atoms with E-state index in [1.807, 2.05) is 6.92 Å². The van der Waals surface area contributed by atoms with Crippen LogP contribution in [0.2, 0.25) is 0 Å². The molecule has 1 saturated heterocycles. The Balaban J connectivity index is 1.09. The van der Waals surface area contributed by atoms with Gasteiger partial charge < -0.3 is 44.1 Å². The van der Waals surface area contributed by atoms with Crippen LogP contribution in [0.3, 0.4) is 0 Å². The SMILES string of the molecule is CCCCCOC(=O)Nc1ccc(COC(=O)N2CO[C@@H]3[C@H](C)CC(O[C@H]4C[C@](O)(C(=O)CO)Cc5c(O)c6c(c(O)c54)C(=O)c4c(OC)cccc4C6=O)C[C@@H]32)cc1. The summed E-state index contributed by atoms with van der Waals surface area (Å²) in [7, 11) is 1.33. The Bertz CT molecular complexity index is 2150. The summed E-state index contributed by atoms with van der Waals surface area (Å²) in [4.78, 5) is 67.9. The largest absolute Gasteiger partial charge is 0.507 e. The van der Waals surface area contributed by atoms with E-state index in [1.165, 1.54) is 30.2 Å². The lowest BCUT2D eigenvalue weighted by molar-refractivity contribution is -0.151. The third-order valence-electron chi connectivity index (χ3n) is 11.8. The lowest BCUT2D eigenvalue weighted by Gasteiger charge is -2.42. The molecule has 1 saturated carbocycles. The molecule has 2 fully saturated rings. The Morgan fingerprint density at radius 2 is 1.71 bits per heavy atom. The molecule has 0 spiro atoms. The molecule has 0 radical (unpaired) electrons. The third kappa shape index (κ3) is 7.84. The highest BCUT2D eigenvalue weighted by atomic mass is 16.6. The molecule has 5 N–H and O–H groups in total. The van der Waals surface area contributed by atoms with E-state index in [0.717, 1.165) is 19.3 Å². The van der Waals surface area contributed by atoms with Crippen molar-refractivity contribution in [3.63, 3.8) is 0 Å². The molecule has 2 amide bonds. The summed E-state index contributed by atoms with van der Waals surface area (Å²) < 4.78 is 28.8. The summed E-state index contributed by atoms with van der Waals surface area (Å²) in [5, 5.41) is 47.7. The molecule has 1 aliphatic heterocycles. The van der Waals surface area contributed by atoms with Crippen molar-refractivity contribution in [1.29, 1.82) is 0 Å². The number of nitrogens with zero attached hydrogens (tertiary/aromatic N) is 1. The Kier molecular flexibility index (Phi) is 12.0. The van der Waals surface area contributed by atoms with Gasteiger partial charge in [-0.05, 0) is 48.9 Å². The van der Waals surface area contributed by atoms with Gasteiger partial charge >= 0.3 is 12.2 Å². The maximum atomic E-state index is 14.0. The monoisotopic (exact) mass is 816 g/mol. The van der Waals surface area contributed by atoms with E-state index >= 15 is 0 Å². The van der Waals surface area contributed by atoms with Crippen molar-refractivity contribution >= 4 is 35.2 Å². The Hall–Kier alpha value is -5.55. The van der Waals surface area contributed by atoms with Crippen molar-refractivity contribution in [3.05, 3.63) is 81.4 Å². The predicted octanol–water partition coefficient (Wildman–Crippen LogP) is 5.08. The number of ketones is 3. The summed E-state index contributed by atoms with van der Waals surface area (Å²) in [6.07, 6.45) is -1.19. The zero-order valence-corrected chi connectivity index (χ0v) is 33.0. The van der Waals surface area contributed by atoms with E-state index in [4.69, 9.17) is 23.7 Å². The second-order valence-electron chi connectivity index (χ2n) is 15.6. The first kappa shape index (κ1) is 41.6. The summed E-state index contributed by atoms with van der Waals surface area (Å²) >= 11 is 0. The number of amides is 2. The van der Waals surface area contributed by atoms with E-state index in [0.29, 0.717) is 24.3 Å². The summed E-state index contributed by atoms with van der Waals surface area (Å²) in [6.45, 7) is 3.17. The first-order chi connectivity index (χ1) is 28.3. The van der Waals surface area contributed by atoms with E-state index in [2.05, 4.69) is 12.2 Å². The lowest BCUT2D eigenvalue weighted by atomic mass is 9.71. The van der Waals surface area contributed by atoms with Gasteiger partial charge in [-0.1, -0.05) is 51.0 Å². The summed E-state index contributed by atoms with van der Waals surface area (Å²) in [5.74, 6) is -3.92. The van der Waals surface area contributed by atoms with Crippen molar-refractivity contribution in [2.45, 2.75) is 95.4 Å². The van der Waals surface area contributed by atoms with Gasteiger partial charge in [0.25, 0.3) is 0 Å². The maximum Gasteiger partial charge on any atom is 0.412 e. The van der Waals surface area contributed by atoms with Crippen LogP contribution in [0, 0.1) is 5.92 Å². The topological polar surface area (TPSA) is 228 Å². The highest BCUT2D eigenvalue weighted by Crippen LogP contribution is 2.53. The van der Waals surface area contributed by atoms with Gasteiger partial charge in [0.2, 0.25) is 5.78 Å². The summed E-state index contributed by atoms with van der Waals surface area (Å²) in [6, 6.07) is 10.6. The van der Waals surface area contributed by atoms with E-state index < -0.39 is 95.5 Å². The predicted molar refractivity (Wildman–Crippen MR) is 207 cm³/mol. The third-order valence-corrected chi connectivity index (χ3v) is 11.8. The molecule has 16 heteroatoms. The molecule has 59 heavy (non-hydrogen) atoms. The highest BCUT2D eigenvalue weighted by Gasteiger charge is 2.52. The lowest BCUT2D eigenvalue weighted by Crippen LogP contribution is -2.50. The van der Waals surface area contributed by atoms with Gasteiger partial charge in [-0.25, -0.2) is 9.59 Å². The zero-order valence-electron chi connectivity index (χ0n) is 33.0. The fraction of sp³-hybridized carbons (Fsp3) is 0.465. The molecule has 1 unspecified atom stereocenters. The van der Waals surface area contributed by atoms with Gasteiger partial charge in [0.05, 0.1) is 54.8 Å². The number of carbonyl (C=O) groups is 5. The first-order valence-corrected chi connectivity index (χ1v) is 19.8. The number of nitrogens with one attached hydrogen (secondary N) is 1. The molecule has 0 aromatic heterocycles. The van der Waals surface area contributed by atoms with E-state index in [1.54, 1.807) is 24.3 Å². The number of rotatable bonds is 12. The zero-order chi connectivity index (χ0) is 42.2. The molecule has 1 heterocycles. The molecule has 3 aromatic carbocycles. The van der Waals surface area contributed by atoms with Gasteiger partial charge in [0.1, 0.15) is 42.8 Å². The van der Waals surface area contributed by atoms with Crippen LogP contribution in [0.4, 0.5) is 15.3 Å². The minimum atomic E-state index is -2.27. The maximum absolute atomic E-state index is 14.0. The van der Waals surface area contributed by atoms with Gasteiger partial charge in [0, 0.05) is 35.2 Å². The van der Waals surface area contributed by atoms with Crippen LogP contribution in [0.1, 0.15) is 107 Å². The number of phenols is 2. The minimum absolute atomic E-state index is 0.0483. The number of methoxy groups -OCH3 is 1. The molecular weight excluding hydrogens is 768 g/mol.